The lowest BCUT2D eigenvalue weighted by Crippen LogP contribution is -2.43. The first kappa shape index (κ1) is 12.7. The standard InChI is InChI=1S/C18H23O2/c1-18-9-8-14-13-5-3-12(19)10-11(13)2-4-15(14)16(18)6-7-17(18)20/h3,5,7,10,14-17,19-20H,2,4,6,8-9H2,1H3/t14-,15-,16+,17+,18+/m1/s1. The minimum atomic E-state index is -0.213. The van der Waals surface area contributed by atoms with Gasteiger partial charge in [0, 0.05) is 0 Å². The van der Waals surface area contributed by atoms with Gasteiger partial charge in [-0.25, -0.2) is 0 Å². The van der Waals surface area contributed by atoms with Gasteiger partial charge in [0.2, 0.25) is 0 Å². The van der Waals surface area contributed by atoms with Crippen molar-refractivity contribution in [3.63, 3.8) is 0 Å². The third-order valence-electron chi connectivity index (χ3n) is 6.44. The Morgan fingerprint density at radius 2 is 2.10 bits per heavy atom. The Morgan fingerprint density at radius 1 is 1.25 bits per heavy atom. The molecule has 0 unspecified atom stereocenters. The largest absolute Gasteiger partial charge is 0.508 e. The third-order valence-corrected chi connectivity index (χ3v) is 6.44. The van der Waals surface area contributed by atoms with Crippen LogP contribution < -0.4 is 0 Å². The topological polar surface area (TPSA) is 40.5 Å². The molecule has 1 radical (unpaired) electrons. The molecule has 2 nitrogen and oxygen atoms in total. The zero-order valence-electron chi connectivity index (χ0n) is 12.0. The summed E-state index contributed by atoms with van der Waals surface area (Å²) >= 11 is 0. The van der Waals surface area contributed by atoms with Crippen molar-refractivity contribution in [2.24, 2.45) is 17.3 Å². The number of rotatable bonds is 0. The maximum absolute atomic E-state index is 10.3. The van der Waals surface area contributed by atoms with Crippen LogP contribution in [0.25, 0.3) is 0 Å². The molecule has 1 aromatic rings. The fourth-order valence-electron chi connectivity index (χ4n) is 5.27. The second kappa shape index (κ2) is 4.24. The predicted molar refractivity (Wildman–Crippen MR) is 78.4 cm³/mol. The molecule has 4 rings (SSSR count). The molecule has 2 fully saturated rings. The molecule has 20 heavy (non-hydrogen) atoms. The average Bonchev–Trinajstić information content (AvgIpc) is 2.74. The Hall–Kier alpha value is -1.02. The van der Waals surface area contributed by atoms with Crippen LogP contribution in [0.1, 0.15) is 49.7 Å². The summed E-state index contributed by atoms with van der Waals surface area (Å²) in [5.41, 5.74) is 2.91. The molecular formula is C18H23O2. The van der Waals surface area contributed by atoms with E-state index in [2.05, 4.69) is 19.4 Å². The molecule has 0 bridgehead atoms. The number of hydrogen-bond donors (Lipinski definition) is 2. The SMILES string of the molecule is C[C@]12CC[C@@H]3c4ccc(O)cc4CC[C@H]3[C@@H]1C[CH][C@@H]2O. The molecule has 0 heterocycles. The fourth-order valence-corrected chi connectivity index (χ4v) is 5.27. The highest BCUT2D eigenvalue weighted by Gasteiger charge is 2.54. The van der Waals surface area contributed by atoms with Crippen molar-refractivity contribution in [3.8, 4) is 5.75 Å². The van der Waals surface area contributed by atoms with Crippen molar-refractivity contribution >= 4 is 0 Å². The zero-order valence-corrected chi connectivity index (χ0v) is 12.0. The number of aromatic hydroxyl groups is 1. The average molecular weight is 271 g/mol. The molecule has 0 spiro atoms. The molecule has 0 saturated heterocycles. The quantitative estimate of drug-likeness (QED) is 0.759. The first-order chi connectivity index (χ1) is 9.59. The minimum absolute atomic E-state index is 0.107. The Kier molecular flexibility index (Phi) is 2.69. The van der Waals surface area contributed by atoms with Crippen LogP contribution in [-0.4, -0.2) is 16.3 Å². The predicted octanol–water partition coefficient (Wildman–Crippen LogP) is 3.42. The highest BCUT2D eigenvalue weighted by Crippen LogP contribution is 2.60. The maximum Gasteiger partial charge on any atom is 0.115 e. The normalized spacial score (nSPS) is 42.7. The van der Waals surface area contributed by atoms with Crippen LogP contribution in [0.4, 0.5) is 0 Å². The lowest BCUT2D eigenvalue weighted by atomic mass is 9.55. The number of aliphatic hydroxyl groups is 1. The minimum Gasteiger partial charge on any atom is -0.508 e. The molecule has 107 valence electrons. The van der Waals surface area contributed by atoms with E-state index in [1.54, 1.807) is 0 Å². The van der Waals surface area contributed by atoms with Crippen LogP contribution in [0.2, 0.25) is 0 Å². The van der Waals surface area contributed by atoms with Crippen LogP contribution in [0, 0.1) is 23.7 Å². The number of aryl methyl sites for hydroxylation is 1. The molecule has 1 aromatic carbocycles. The van der Waals surface area contributed by atoms with Crippen LogP contribution >= 0.6 is 0 Å². The van der Waals surface area contributed by atoms with E-state index in [1.807, 2.05) is 12.1 Å². The van der Waals surface area contributed by atoms with E-state index in [0.717, 1.165) is 19.3 Å². The van der Waals surface area contributed by atoms with Crippen molar-refractivity contribution in [2.75, 3.05) is 0 Å². The number of aliphatic hydroxyl groups excluding tert-OH is 1. The van der Waals surface area contributed by atoms with Gasteiger partial charge in [0.05, 0.1) is 6.10 Å². The first-order valence-corrected chi connectivity index (χ1v) is 7.93. The Morgan fingerprint density at radius 3 is 2.95 bits per heavy atom. The van der Waals surface area contributed by atoms with Gasteiger partial charge in [-0.2, -0.15) is 0 Å². The van der Waals surface area contributed by atoms with E-state index >= 15 is 0 Å². The summed E-state index contributed by atoms with van der Waals surface area (Å²) in [7, 11) is 0. The lowest BCUT2D eigenvalue weighted by Gasteiger charge is -2.50. The van der Waals surface area contributed by atoms with E-state index in [4.69, 9.17) is 0 Å². The lowest BCUT2D eigenvalue weighted by molar-refractivity contribution is -0.0166. The van der Waals surface area contributed by atoms with Gasteiger partial charge in [-0.3, -0.25) is 0 Å². The maximum atomic E-state index is 10.3. The van der Waals surface area contributed by atoms with Crippen LogP contribution in [-0.2, 0) is 6.42 Å². The highest BCUT2D eigenvalue weighted by atomic mass is 16.3. The van der Waals surface area contributed by atoms with Gasteiger partial charge in [0.25, 0.3) is 0 Å². The highest BCUT2D eigenvalue weighted by molar-refractivity contribution is 5.40. The Bertz CT molecular complexity index is 538. The zero-order chi connectivity index (χ0) is 13.9. The van der Waals surface area contributed by atoms with Crippen molar-refractivity contribution < 1.29 is 10.2 Å². The number of phenolic OH excluding ortho intramolecular Hbond substituents is 1. The summed E-state index contributed by atoms with van der Waals surface area (Å²) in [6.45, 7) is 2.29. The Balaban J connectivity index is 1.71. The van der Waals surface area contributed by atoms with Crippen LogP contribution in [0.3, 0.4) is 0 Å². The van der Waals surface area contributed by atoms with E-state index in [1.165, 1.54) is 24.0 Å². The van der Waals surface area contributed by atoms with E-state index < -0.39 is 0 Å². The van der Waals surface area contributed by atoms with E-state index in [-0.39, 0.29) is 11.5 Å². The molecular weight excluding hydrogens is 248 g/mol. The number of phenols is 1. The monoisotopic (exact) mass is 271 g/mol. The second-order valence-corrected chi connectivity index (χ2v) is 7.26. The van der Waals surface area contributed by atoms with Crippen LogP contribution in [0.5, 0.6) is 5.75 Å². The molecule has 2 N–H and O–H groups in total. The molecule has 3 aliphatic rings. The van der Waals surface area contributed by atoms with Crippen molar-refractivity contribution in [1.29, 1.82) is 0 Å². The number of benzene rings is 1. The molecule has 2 saturated carbocycles. The summed E-state index contributed by atoms with van der Waals surface area (Å²) in [5, 5.41) is 20.0. The summed E-state index contributed by atoms with van der Waals surface area (Å²) < 4.78 is 0. The van der Waals surface area contributed by atoms with Crippen molar-refractivity contribution in [3.05, 3.63) is 35.7 Å². The van der Waals surface area contributed by atoms with Gasteiger partial charge in [0.15, 0.2) is 0 Å². The summed E-state index contributed by atoms with van der Waals surface area (Å²) in [6.07, 6.45) is 7.59. The number of hydrogen-bond acceptors (Lipinski definition) is 2. The van der Waals surface area contributed by atoms with Gasteiger partial charge in [-0.15, -0.1) is 0 Å². The van der Waals surface area contributed by atoms with Crippen molar-refractivity contribution in [1.82, 2.24) is 0 Å². The molecule has 0 aromatic heterocycles. The molecule has 0 aliphatic heterocycles. The fraction of sp³-hybridized carbons (Fsp3) is 0.611. The first-order valence-electron chi connectivity index (χ1n) is 7.93. The van der Waals surface area contributed by atoms with Gasteiger partial charge in [0.1, 0.15) is 5.75 Å². The molecule has 5 atom stereocenters. The molecule has 2 heteroatoms. The smallest absolute Gasteiger partial charge is 0.115 e. The van der Waals surface area contributed by atoms with Gasteiger partial charge >= 0.3 is 0 Å². The van der Waals surface area contributed by atoms with Gasteiger partial charge < -0.3 is 10.2 Å². The van der Waals surface area contributed by atoms with Gasteiger partial charge in [-0.1, -0.05) is 13.0 Å². The molecule has 3 aliphatic carbocycles. The van der Waals surface area contributed by atoms with Gasteiger partial charge in [-0.05, 0) is 85.0 Å². The van der Waals surface area contributed by atoms with Crippen molar-refractivity contribution in [2.45, 2.75) is 51.0 Å². The van der Waals surface area contributed by atoms with Crippen LogP contribution in [0.15, 0.2) is 18.2 Å². The van der Waals surface area contributed by atoms with E-state index in [0.29, 0.717) is 23.5 Å². The second-order valence-electron chi connectivity index (χ2n) is 7.26. The summed E-state index contributed by atoms with van der Waals surface area (Å²) in [5.74, 6) is 2.38. The van der Waals surface area contributed by atoms with E-state index in [9.17, 15) is 10.2 Å². The summed E-state index contributed by atoms with van der Waals surface area (Å²) in [4.78, 5) is 0. The summed E-state index contributed by atoms with van der Waals surface area (Å²) in [6, 6.07) is 5.93. The third kappa shape index (κ3) is 1.60. The molecule has 0 amide bonds. The Labute approximate surface area is 120 Å². The number of fused-ring (bicyclic) bond motifs is 5.